The highest BCUT2D eigenvalue weighted by Crippen LogP contribution is 2.25. The second-order valence-corrected chi connectivity index (χ2v) is 8.21. The standard InChI is InChI=1S/C22H17N3O4S/c26-21-13-7-5-11-19(21)22(27)24-23-15-17-14-16-8-4-6-12-20(16)25(17)30(28,29)18-9-2-1-3-10-18/h1-15,26H,(H,24,27)/b23-15+. The van der Waals surface area contributed by atoms with Crippen molar-refractivity contribution in [3.05, 3.63) is 96.2 Å². The van der Waals surface area contributed by atoms with Gasteiger partial charge >= 0.3 is 0 Å². The summed E-state index contributed by atoms with van der Waals surface area (Å²) in [5, 5.41) is 14.4. The molecule has 1 heterocycles. The number of hydrazone groups is 1. The summed E-state index contributed by atoms with van der Waals surface area (Å²) in [7, 11) is -3.89. The van der Waals surface area contributed by atoms with Crippen LogP contribution in [0, 0.1) is 0 Å². The first-order chi connectivity index (χ1) is 14.5. The first-order valence-electron chi connectivity index (χ1n) is 9.01. The first-order valence-corrected chi connectivity index (χ1v) is 10.4. The van der Waals surface area contributed by atoms with E-state index < -0.39 is 15.9 Å². The number of nitrogens with zero attached hydrogens (tertiary/aromatic N) is 2. The van der Waals surface area contributed by atoms with Crippen LogP contribution in [-0.2, 0) is 10.0 Å². The Balaban J connectivity index is 1.73. The van der Waals surface area contributed by atoms with Crippen molar-refractivity contribution in [2.75, 3.05) is 0 Å². The molecule has 0 saturated heterocycles. The van der Waals surface area contributed by atoms with Crippen LogP contribution in [0.5, 0.6) is 5.75 Å². The number of carbonyl (C=O) groups is 1. The van der Waals surface area contributed by atoms with Crippen LogP contribution in [0.2, 0.25) is 0 Å². The number of hydrogen-bond donors (Lipinski definition) is 2. The summed E-state index contributed by atoms with van der Waals surface area (Å²) in [5.41, 5.74) is 3.15. The molecule has 0 atom stereocenters. The summed E-state index contributed by atoms with van der Waals surface area (Å²) >= 11 is 0. The summed E-state index contributed by atoms with van der Waals surface area (Å²) in [6, 6.07) is 22.9. The SMILES string of the molecule is O=C(N/N=C/c1cc2ccccc2n1S(=O)(=O)c1ccccc1)c1ccccc1O. The molecule has 4 rings (SSSR count). The number of rotatable bonds is 5. The van der Waals surface area contributed by atoms with Crippen LogP contribution in [0.15, 0.2) is 94.9 Å². The van der Waals surface area contributed by atoms with E-state index in [1.807, 2.05) is 6.07 Å². The van der Waals surface area contributed by atoms with Crippen LogP contribution >= 0.6 is 0 Å². The van der Waals surface area contributed by atoms with Gasteiger partial charge in [0, 0.05) is 5.39 Å². The van der Waals surface area contributed by atoms with Crippen molar-refractivity contribution in [2.24, 2.45) is 5.10 Å². The van der Waals surface area contributed by atoms with Crippen LogP contribution in [0.3, 0.4) is 0 Å². The summed E-state index contributed by atoms with van der Waals surface area (Å²) in [5.74, 6) is -0.788. The number of hydrogen-bond acceptors (Lipinski definition) is 5. The highest BCUT2D eigenvalue weighted by molar-refractivity contribution is 7.90. The maximum absolute atomic E-state index is 13.3. The number of fused-ring (bicyclic) bond motifs is 1. The Morgan fingerprint density at radius 2 is 1.60 bits per heavy atom. The molecule has 0 aliphatic rings. The van der Waals surface area contributed by atoms with Gasteiger partial charge in [0.1, 0.15) is 5.75 Å². The van der Waals surface area contributed by atoms with Gasteiger partial charge in [0.15, 0.2) is 0 Å². The Bertz CT molecular complexity index is 1360. The third-order valence-electron chi connectivity index (χ3n) is 4.49. The van der Waals surface area contributed by atoms with Gasteiger partial charge in [-0.1, -0.05) is 48.5 Å². The topological polar surface area (TPSA) is 101 Å². The lowest BCUT2D eigenvalue weighted by atomic mass is 10.2. The van der Waals surface area contributed by atoms with Gasteiger partial charge in [-0.15, -0.1) is 0 Å². The van der Waals surface area contributed by atoms with Crippen molar-refractivity contribution in [1.29, 1.82) is 0 Å². The van der Waals surface area contributed by atoms with Crippen molar-refractivity contribution in [1.82, 2.24) is 9.40 Å². The van der Waals surface area contributed by atoms with Crippen molar-refractivity contribution in [3.63, 3.8) is 0 Å². The number of nitrogens with one attached hydrogen (secondary N) is 1. The molecule has 30 heavy (non-hydrogen) atoms. The van der Waals surface area contributed by atoms with Crippen molar-refractivity contribution >= 4 is 33.0 Å². The molecule has 0 fully saturated rings. The van der Waals surface area contributed by atoms with Crippen LogP contribution < -0.4 is 5.43 Å². The molecule has 8 heteroatoms. The molecule has 0 radical (unpaired) electrons. The van der Waals surface area contributed by atoms with Crippen LogP contribution in [0.25, 0.3) is 10.9 Å². The molecule has 0 unspecified atom stereocenters. The second-order valence-electron chi connectivity index (χ2n) is 6.43. The number of benzene rings is 3. The van der Waals surface area contributed by atoms with Gasteiger partial charge in [0.2, 0.25) is 0 Å². The Kier molecular flexibility index (Phi) is 5.07. The van der Waals surface area contributed by atoms with E-state index in [-0.39, 0.29) is 21.9 Å². The van der Waals surface area contributed by atoms with E-state index in [1.54, 1.807) is 54.6 Å². The van der Waals surface area contributed by atoms with Gasteiger partial charge < -0.3 is 5.11 Å². The molecule has 0 aliphatic heterocycles. The minimum Gasteiger partial charge on any atom is -0.507 e. The highest BCUT2D eigenvalue weighted by Gasteiger charge is 2.22. The summed E-state index contributed by atoms with van der Waals surface area (Å²) in [6.07, 6.45) is 1.26. The lowest BCUT2D eigenvalue weighted by Gasteiger charge is -2.10. The lowest BCUT2D eigenvalue weighted by molar-refractivity contribution is 0.0952. The number of amides is 1. The van der Waals surface area contributed by atoms with E-state index >= 15 is 0 Å². The Hall–Kier alpha value is -3.91. The van der Waals surface area contributed by atoms with Gasteiger partial charge in [-0.3, -0.25) is 4.79 Å². The molecule has 1 aromatic heterocycles. The number of carbonyl (C=O) groups excluding carboxylic acids is 1. The van der Waals surface area contributed by atoms with Crippen molar-refractivity contribution in [3.8, 4) is 5.75 Å². The lowest BCUT2D eigenvalue weighted by Crippen LogP contribution is -2.19. The van der Waals surface area contributed by atoms with Crippen LogP contribution in [0.4, 0.5) is 0 Å². The highest BCUT2D eigenvalue weighted by atomic mass is 32.2. The van der Waals surface area contributed by atoms with Crippen LogP contribution in [0.1, 0.15) is 16.1 Å². The molecule has 3 aromatic carbocycles. The summed E-state index contributed by atoms with van der Waals surface area (Å²) in [4.78, 5) is 12.4. The molecule has 0 aliphatic carbocycles. The fraction of sp³-hybridized carbons (Fsp3) is 0. The molecule has 1 amide bonds. The zero-order valence-corrected chi connectivity index (χ0v) is 16.5. The third kappa shape index (κ3) is 3.56. The van der Waals surface area contributed by atoms with Gasteiger partial charge in [0.25, 0.3) is 15.9 Å². The largest absolute Gasteiger partial charge is 0.507 e. The molecule has 0 saturated carbocycles. The number of phenolic OH excluding ortho intramolecular Hbond substituents is 1. The van der Waals surface area contributed by atoms with Gasteiger partial charge in [-0.25, -0.2) is 17.8 Å². The first kappa shape index (κ1) is 19.4. The quantitative estimate of drug-likeness (QED) is 0.383. The number of para-hydroxylation sites is 2. The zero-order chi connectivity index (χ0) is 21.1. The molecular formula is C22H17N3O4S. The third-order valence-corrected chi connectivity index (χ3v) is 6.24. The Morgan fingerprint density at radius 3 is 2.37 bits per heavy atom. The smallest absolute Gasteiger partial charge is 0.275 e. The van der Waals surface area contributed by atoms with Crippen LogP contribution in [-0.4, -0.2) is 29.6 Å². The molecule has 0 spiro atoms. The van der Waals surface area contributed by atoms with E-state index in [1.165, 1.54) is 34.5 Å². The molecule has 4 aromatic rings. The predicted octanol–water partition coefficient (Wildman–Crippen LogP) is 3.35. The molecule has 150 valence electrons. The molecule has 7 nitrogen and oxygen atoms in total. The minimum atomic E-state index is -3.89. The second kappa shape index (κ2) is 7.84. The van der Waals surface area contributed by atoms with Gasteiger partial charge in [0.05, 0.1) is 27.9 Å². The van der Waals surface area contributed by atoms with E-state index in [4.69, 9.17) is 0 Å². The maximum atomic E-state index is 13.3. The number of aromatic hydroxyl groups is 1. The average molecular weight is 419 g/mol. The van der Waals surface area contributed by atoms with E-state index in [9.17, 15) is 18.3 Å². The van der Waals surface area contributed by atoms with E-state index in [0.29, 0.717) is 10.9 Å². The summed E-state index contributed by atoms with van der Waals surface area (Å²) < 4.78 is 27.7. The van der Waals surface area contributed by atoms with E-state index in [0.717, 1.165) is 0 Å². The molecular weight excluding hydrogens is 402 g/mol. The predicted molar refractivity (Wildman–Crippen MR) is 114 cm³/mol. The van der Waals surface area contributed by atoms with Crippen molar-refractivity contribution in [2.45, 2.75) is 4.90 Å². The number of phenols is 1. The van der Waals surface area contributed by atoms with Gasteiger partial charge in [-0.05, 0) is 36.4 Å². The fourth-order valence-corrected chi connectivity index (χ4v) is 4.60. The molecule has 2 N–H and O–H groups in total. The van der Waals surface area contributed by atoms with E-state index in [2.05, 4.69) is 10.5 Å². The average Bonchev–Trinajstić information content (AvgIpc) is 3.13. The van der Waals surface area contributed by atoms with Crippen molar-refractivity contribution < 1.29 is 18.3 Å². The monoisotopic (exact) mass is 419 g/mol. The number of aromatic nitrogens is 1. The fourth-order valence-electron chi connectivity index (χ4n) is 3.09. The van der Waals surface area contributed by atoms with Gasteiger partial charge in [-0.2, -0.15) is 5.10 Å². The summed E-state index contributed by atoms with van der Waals surface area (Å²) in [6.45, 7) is 0. The molecule has 0 bridgehead atoms. The maximum Gasteiger partial charge on any atom is 0.275 e. The zero-order valence-electron chi connectivity index (χ0n) is 15.6. The Morgan fingerprint density at radius 1 is 0.933 bits per heavy atom. The minimum absolute atomic E-state index is 0.0621. The normalized spacial score (nSPS) is 11.7. The Labute approximate surface area is 173 Å².